The van der Waals surface area contributed by atoms with E-state index in [9.17, 15) is 9.59 Å². The Morgan fingerprint density at radius 2 is 1.25 bits per heavy atom. The summed E-state index contributed by atoms with van der Waals surface area (Å²) in [6.45, 7) is 8.83. The minimum atomic E-state index is -0.444. The van der Waals surface area contributed by atoms with Crippen LogP contribution in [-0.4, -0.2) is 25.2 Å². The summed E-state index contributed by atoms with van der Waals surface area (Å²) in [7, 11) is 0. The largest absolute Gasteiger partial charge is 0.462 e. The minimum Gasteiger partial charge on any atom is -0.462 e. The second-order valence-electron chi connectivity index (χ2n) is 9.30. The van der Waals surface area contributed by atoms with Crippen LogP contribution < -0.4 is 0 Å². The summed E-state index contributed by atoms with van der Waals surface area (Å²) in [5.74, 6) is -0.888. The topological polar surface area (TPSA) is 52.6 Å². The van der Waals surface area contributed by atoms with Gasteiger partial charge in [0, 0.05) is 0 Å². The molecule has 0 spiro atoms. The van der Waals surface area contributed by atoms with Crippen LogP contribution in [0.1, 0.15) is 124 Å². The zero-order valence-electron chi connectivity index (χ0n) is 22.8. The third-order valence-corrected chi connectivity index (χ3v) is 6.08. The first-order valence-corrected chi connectivity index (χ1v) is 14.0. The Kier molecular flexibility index (Phi) is 18.9. The lowest BCUT2D eigenvalue weighted by molar-refractivity contribution is 0.0450. The van der Waals surface area contributed by atoms with E-state index in [-0.39, 0.29) is 0 Å². The average molecular weight is 497 g/mol. The number of benzene rings is 1. The summed E-state index contributed by atoms with van der Waals surface area (Å²) >= 11 is 0. The zero-order valence-corrected chi connectivity index (χ0v) is 22.8. The van der Waals surface area contributed by atoms with Gasteiger partial charge in [0.1, 0.15) is 0 Å². The maximum Gasteiger partial charge on any atom is 0.339 e. The van der Waals surface area contributed by atoms with E-state index < -0.39 is 11.9 Å². The molecule has 0 saturated carbocycles. The first-order valence-electron chi connectivity index (χ1n) is 14.0. The summed E-state index contributed by atoms with van der Waals surface area (Å²) in [6.07, 6.45) is 24.2. The number of hydrogen-bond acceptors (Lipinski definition) is 4. The fourth-order valence-corrected chi connectivity index (χ4v) is 3.92. The molecular formula is C32H48O4. The Bertz CT molecular complexity index is 757. The molecule has 4 heteroatoms. The zero-order chi connectivity index (χ0) is 26.3. The fraction of sp³-hybridized carbons (Fsp3) is 0.562. The lowest BCUT2D eigenvalue weighted by Gasteiger charge is -2.10. The molecule has 36 heavy (non-hydrogen) atoms. The van der Waals surface area contributed by atoms with Gasteiger partial charge in [-0.05, 0) is 37.8 Å². The molecule has 0 atom stereocenters. The van der Waals surface area contributed by atoms with Gasteiger partial charge in [-0.3, -0.25) is 0 Å². The quantitative estimate of drug-likeness (QED) is 0.115. The van der Waals surface area contributed by atoms with Crippen LogP contribution in [0.25, 0.3) is 0 Å². The molecule has 0 N–H and O–H groups in total. The first-order chi connectivity index (χ1) is 17.6. The number of allylic oxidation sites excluding steroid dienone is 5. The van der Waals surface area contributed by atoms with Crippen molar-refractivity contribution >= 4 is 11.9 Å². The monoisotopic (exact) mass is 496 g/mol. The van der Waals surface area contributed by atoms with Crippen LogP contribution in [0.3, 0.4) is 0 Å². The second kappa shape index (κ2) is 21.6. The van der Waals surface area contributed by atoms with Crippen molar-refractivity contribution in [1.82, 2.24) is 0 Å². The average Bonchev–Trinajstić information content (AvgIpc) is 3.41. The molecule has 1 aromatic rings. The van der Waals surface area contributed by atoms with Crippen molar-refractivity contribution in [3.8, 4) is 0 Å². The van der Waals surface area contributed by atoms with Crippen molar-refractivity contribution in [2.24, 2.45) is 0 Å². The van der Waals surface area contributed by atoms with Crippen LogP contribution in [-0.2, 0) is 9.47 Å². The summed E-state index contributed by atoms with van der Waals surface area (Å²) in [6, 6.07) is 6.74. The molecule has 0 aliphatic heterocycles. The highest BCUT2D eigenvalue weighted by molar-refractivity contribution is 6.03. The minimum absolute atomic E-state index is 0.293. The van der Waals surface area contributed by atoms with E-state index in [4.69, 9.17) is 9.47 Å². The number of rotatable bonds is 18. The summed E-state index contributed by atoms with van der Waals surface area (Å²) in [5.41, 5.74) is 2.06. The van der Waals surface area contributed by atoms with E-state index in [1.54, 1.807) is 24.3 Å². The van der Waals surface area contributed by atoms with E-state index in [0.717, 1.165) is 38.5 Å². The van der Waals surface area contributed by atoms with Gasteiger partial charge in [-0.1, -0.05) is 120 Å². The molecule has 1 aliphatic rings. The molecule has 0 radical (unpaired) electrons. The van der Waals surface area contributed by atoms with Crippen LogP contribution in [0, 0.1) is 0 Å². The third-order valence-electron chi connectivity index (χ3n) is 6.08. The maximum absolute atomic E-state index is 12.4. The standard InChI is InChI=1S/C24H38O4.C8H10/c1-3-5-7-9-11-15-19-27-23(25)21-17-13-14-18-22(21)24(26)28-20-16-12-10-8-6-4-2;1-2-5-8-6-3-4-7-8/h13-14,17-18H,3-12,15-16,19-20H2,1-2H3;2-4,6H,1,5,7H2. The van der Waals surface area contributed by atoms with E-state index >= 15 is 0 Å². The van der Waals surface area contributed by atoms with Gasteiger partial charge < -0.3 is 9.47 Å². The van der Waals surface area contributed by atoms with Crippen molar-refractivity contribution in [2.45, 2.75) is 104 Å². The highest BCUT2D eigenvalue weighted by atomic mass is 16.5. The van der Waals surface area contributed by atoms with E-state index in [2.05, 4.69) is 38.7 Å². The van der Waals surface area contributed by atoms with Gasteiger partial charge in [0.25, 0.3) is 0 Å². The Hall–Kier alpha value is -2.62. The van der Waals surface area contributed by atoms with Crippen LogP contribution in [0.4, 0.5) is 0 Å². The molecule has 0 fully saturated rings. The SMILES string of the molecule is C=CCC1=CC=CC1.CCCCCCCCOC(=O)c1ccccc1C(=O)OCCCCCCCC. The Balaban J connectivity index is 0.000000681. The molecule has 1 aliphatic carbocycles. The number of ether oxygens (including phenoxy) is 2. The highest BCUT2D eigenvalue weighted by Gasteiger charge is 2.18. The van der Waals surface area contributed by atoms with Crippen molar-refractivity contribution in [2.75, 3.05) is 13.2 Å². The van der Waals surface area contributed by atoms with Gasteiger partial charge in [-0.15, -0.1) is 6.58 Å². The molecule has 0 heterocycles. The molecule has 200 valence electrons. The summed E-state index contributed by atoms with van der Waals surface area (Å²) in [4.78, 5) is 24.7. The lowest BCUT2D eigenvalue weighted by Crippen LogP contribution is -2.15. The van der Waals surface area contributed by atoms with Crippen LogP contribution in [0.5, 0.6) is 0 Å². The Morgan fingerprint density at radius 1 is 0.778 bits per heavy atom. The normalized spacial score (nSPS) is 11.9. The molecule has 0 unspecified atom stereocenters. The molecule has 0 amide bonds. The molecule has 1 aromatic carbocycles. The molecule has 0 saturated heterocycles. The molecule has 0 bridgehead atoms. The van der Waals surface area contributed by atoms with Crippen molar-refractivity contribution in [1.29, 1.82) is 0 Å². The Labute approximate surface area is 219 Å². The number of esters is 2. The number of carbonyl (C=O) groups is 2. The van der Waals surface area contributed by atoms with Gasteiger partial charge in [0.15, 0.2) is 0 Å². The van der Waals surface area contributed by atoms with Crippen molar-refractivity contribution < 1.29 is 19.1 Å². The molecule has 0 aromatic heterocycles. The lowest BCUT2D eigenvalue weighted by atomic mass is 10.1. The summed E-state index contributed by atoms with van der Waals surface area (Å²) < 4.78 is 10.7. The van der Waals surface area contributed by atoms with Crippen LogP contribution in [0.15, 0.2) is 60.7 Å². The third kappa shape index (κ3) is 14.7. The highest BCUT2D eigenvalue weighted by Crippen LogP contribution is 2.15. The van der Waals surface area contributed by atoms with Crippen molar-refractivity contribution in [3.05, 3.63) is 71.8 Å². The van der Waals surface area contributed by atoms with Gasteiger partial charge in [0.05, 0.1) is 24.3 Å². The molecular weight excluding hydrogens is 448 g/mol. The predicted octanol–water partition coefficient (Wildman–Crippen LogP) is 9.17. The van der Waals surface area contributed by atoms with Gasteiger partial charge in [0.2, 0.25) is 0 Å². The number of hydrogen-bond donors (Lipinski definition) is 0. The maximum atomic E-state index is 12.4. The van der Waals surface area contributed by atoms with E-state index in [1.165, 1.54) is 56.9 Å². The fourth-order valence-electron chi connectivity index (χ4n) is 3.92. The van der Waals surface area contributed by atoms with Crippen LogP contribution in [0.2, 0.25) is 0 Å². The number of unbranched alkanes of at least 4 members (excludes halogenated alkanes) is 10. The van der Waals surface area contributed by atoms with Crippen molar-refractivity contribution in [3.63, 3.8) is 0 Å². The summed E-state index contributed by atoms with van der Waals surface area (Å²) in [5, 5.41) is 0. The van der Waals surface area contributed by atoms with Gasteiger partial charge >= 0.3 is 11.9 Å². The van der Waals surface area contributed by atoms with E-state index in [0.29, 0.717) is 24.3 Å². The van der Waals surface area contributed by atoms with Crippen LogP contribution >= 0.6 is 0 Å². The second-order valence-corrected chi connectivity index (χ2v) is 9.30. The molecule has 4 nitrogen and oxygen atoms in total. The van der Waals surface area contributed by atoms with Gasteiger partial charge in [-0.2, -0.15) is 0 Å². The van der Waals surface area contributed by atoms with Gasteiger partial charge in [-0.25, -0.2) is 9.59 Å². The predicted molar refractivity (Wildman–Crippen MR) is 150 cm³/mol. The Morgan fingerprint density at radius 3 is 1.67 bits per heavy atom. The number of carbonyl (C=O) groups excluding carboxylic acids is 2. The van der Waals surface area contributed by atoms with E-state index in [1.807, 2.05) is 6.08 Å². The first kappa shape index (κ1) is 31.4. The smallest absolute Gasteiger partial charge is 0.339 e. The molecule has 2 rings (SSSR count).